The number of nitrogens with zero attached hydrogens (tertiary/aromatic N) is 1. The van der Waals surface area contributed by atoms with Crippen molar-refractivity contribution in [3.63, 3.8) is 0 Å². The van der Waals surface area contributed by atoms with E-state index in [4.69, 9.17) is 0 Å². The molecular weight excluding hydrogens is 298 g/mol. The van der Waals surface area contributed by atoms with Gasteiger partial charge in [0.2, 0.25) is 0 Å². The van der Waals surface area contributed by atoms with Crippen molar-refractivity contribution in [2.24, 2.45) is 0 Å². The maximum absolute atomic E-state index is 14.0. The van der Waals surface area contributed by atoms with Crippen molar-refractivity contribution in [3.05, 3.63) is 65.2 Å². The van der Waals surface area contributed by atoms with Gasteiger partial charge in [-0.1, -0.05) is 24.3 Å². The maximum Gasteiger partial charge on any atom is 0.322 e. The predicted octanol–water partition coefficient (Wildman–Crippen LogP) is 4.64. The van der Waals surface area contributed by atoms with Gasteiger partial charge in [-0.05, 0) is 43.5 Å². The number of urea groups is 1. The van der Waals surface area contributed by atoms with Crippen molar-refractivity contribution in [2.75, 3.05) is 11.9 Å². The quantitative estimate of drug-likeness (QED) is 0.860. The van der Waals surface area contributed by atoms with Gasteiger partial charge in [-0.2, -0.15) is 0 Å². The second kappa shape index (κ2) is 6.36. The maximum atomic E-state index is 14.0. The van der Waals surface area contributed by atoms with Crippen LogP contribution in [0, 0.1) is 18.6 Å². The van der Waals surface area contributed by atoms with Gasteiger partial charge in [0, 0.05) is 17.8 Å². The topological polar surface area (TPSA) is 32.3 Å². The monoisotopic (exact) mass is 316 g/mol. The van der Waals surface area contributed by atoms with Crippen LogP contribution in [0.1, 0.15) is 30.0 Å². The van der Waals surface area contributed by atoms with Crippen molar-refractivity contribution in [1.29, 1.82) is 0 Å². The van der Waals surface area contributed by atoms with Gasteiger partial charge >= 0.3 is 6.03 Å². The van der Waals surface area contributed by atoms with Crippen LogP contribution in [0.5, 0.6) is 0 Å². The van der Waals surface area contributed by atoms with E-state index >= 15 is 0 Å². The van der Waals surface area contributed by atoms with E-state index in [1.807, 2.05) is 0 Å². The van der Waals surface area contributed by atoms with Gasteiger partial charge in [-0.3, -0.25) is 0 Å². The number of likely N-dealkylation sites (tertiary alicyclic amines) is 1. The molecule has 1 atom stereocenters. The Kier molecular flexibility index (Phi) is 4.28. The van der Waals surface area contributed by atoms with Crippen LogP contribution < -0.4 is 5.32 Å². The van der Waals surface area contributed by atoms with Crippen LogP contribution in [0.4, 0.5) is 19.3 Å². The third-order valence-corrected chi connectivity index (χ3v) is 4.20. The van der Waals surface area contributed by atoms with Crippen molar-refractivity contribution in [2.45, 2.75) is 25.8 Å². The van der Waals surface area contributed by atoms with E-state index < -0.39 is 0 Å². The van der Waals surface area contributed by atoms with Gasteiger partial charge in [0.05, 0.1) is 6.04 Å². The molecule has 1 fully saturated rings. The Morgan fingerprint density at radius 3 is 2.70 bits per heavy atom. The minimum atomic E-state index is -0.366. The number of benzene rings is 2. The molecule has 0 unspecified atom stereocenters. The first-order valence-corrected chi connectivity index (χ1v) is 7.64. The van der Waals surface area contributed by atoms with E-state index in [-0.39, 0.29) is 23.7 Å². The molecule has 0 saturated carbocycles. The fourth-order valence-electron chi connectivity index (χ4n) is 2.94. The van der Waals surface area contributed by atoms with Crippen LogP contribution in [-0.2, 0) is 0 Å². The number of aryl methyl sites for hydroxylation is 1. The SMILES string of the molecule is Cc1ccc(NC(=O)N2CCC[C@@H]2c2ccccc2F)cc1F. The molecular formula is C18H18F2N2O. The van der Waals surface area contributed by atoms with Crippen LogP contribution in [0.15, 0.2) is 42.5 Å². The molecule has 2 aromatic carbocycles. The number of halogens is 2. The minimum Gasteiger partial charge on any atom is -0.317 e. The summed E-state index contributed by atoms with van der Waals surface area (Å²) in [5.74, 6) is -0.673. The molecule has 0 radical (unpaired) electrons. The molecule has 0 bridgehead atoms. The molecule has 3 rings (SSSR count). The fourth-order valence-corrected chi connectivity index (χ4v) is 2.94. The summed E-state index contributed by atoms with van der Waals surface area (Å²) < 4.78 is 27.6. The first kappa shape index (κ1) is 15.5. The van der Waals surface area contributed by atoms with Crippen LogP contribution in [0.25, 0.3) is 0 Å². The summed E-state index contributed by atoms with van der Waals surface area (Å²) in [5.41, 5.74) is 1.45. The second-order valence-electron chi connectivity index (χ2n) is 5.77. The van der Waals surface area contributed by atoms with E-state index in [0.717, 1.165) is 12.8 Å². The molecule has 0 spiro atoms. The predicted molar refractivity (Wildman–Crippen MR) is 85.2 cm³/mol. The van der Waals surface area contributed by atoms with Crippen LogP contribution in [0.2, 0.25) is 0 Å². The van der Waals surface area contributed by atoms with E-state index in [9.17, 15) is 13.6 Å². The highest BCUT2D eigenvalue weighted by atomic mass is 19.1. The molecule has 23 heavy (non-hydrogen) atoms. The highest BCUT2D eigenvalue weighted by molar-refractivity contribution is 5.89. The molecule has 0 aromatic heterocycles. The third-order valence-electron chi connectivity index (χ3n) is 4.20. The number of carbonyl (C=O) groups is 1. The molecule has 1 aliphatic rings. The largest absolute Gasteiger partial charge is 0.322 e. The van der Waals surface area contributed by atoms with Crippen molar-refractivity contribution >= 4 is 11.7 Å². The Bertz CT molecular complexity index is 733. The van der Waals surface area contributed by atoms with Gasteiger partial charge in [0.1, 0.15) is 11.6 Å². The second-order valence-corrected chi connectivity index (χ2v) is 5.77. The van der Waals surface area contributed by atoms with Crippen molar-refractivity contribution in [1.82, 2.24) is 4.90 Å². The molecule has 0 aliphatic carbocycles. The standard InChI is InChI=1S/C18H18F2N2O/c1-12-8-9-13(11-16(12)20)21-18(23)22-10-4-7-17(22)14-5-2-3-6-15(14)19/h2-3,5-6,8-9,11,17H,4,7,10H2,1H3,(H,21,23)/t17-/m1/s1. The van der Waals surface area contributed by atoms with E-state index in [2.05, 4.69) is 5.32 Å². The fraction of sp³-hybridized carbons (Fsp3) is 0.278. The Morgan fingerprint density at radius 1 is 1.17 bits per heavy atom. The van der Waals surface area contributed by atoms with E-state index in [0.29, 0.717) is 23.4 Å². The summed E-state index contributed by atoms with van der Waals surface area (Å²) in [7, 11) is 0. The molecule has 1 heterocycles. The Hall–Kier alpha value is -2.43. The average Bonchev–Trinajstić information content (AvgIpc) is 3.01. The normalized spacial score (nSPS) is 17.3. The van der Waals surface area contributed by atoms with Crippen molar-refractivity contribution in [3.8, 4) is 0 Å². The molecule has 2 amide bonds. The zero-order valence-electron chi connectivity index (χ0n) is 12.9. The molecule has 3 nitrogen and oxygen atoms in total. The first-order chi connectivity index (χ1) is 11.1. The van der Waals surface area contributed by atoms with E-state index in [1.165, 1.54) is 12.1 Å². The molecule has 120 valence electrons. The number of carbonyl (C=O) groups excluding carboxylic acids is 1. The first-order valence-electron chi connectivity index (χ1n) is 7.64. The molecule has 5 heteroatoms. The minimum absolute atomic E-state index is 0.286. The highest BCUT2D eigenvalue weighted by Crippen LogP contribution is 2.33. The molecule has 1 N–H and O–H groups in total. The van der Waals surface area contributed by atoms with Crippen LogP contribution in [0.3, 0.4) is 0 Å². The number of nitrogens with one attached hydrogen (secondary N) is 1. The zero-order valence-corrected chi connectivity index (χ0v) is 12.9. The smallest absolute Gasteiger partial charge is 0.317 e. The van der Waals surface area contributed by atoms with Crippen LogP contribution >= 0.6 is 0 Å². The summed E-state index contributed by atoms with van der Waals surface area (Å²) in [6, 6.07) is 10.5. The van der Waals surface area contributed by atoms with Crippen molar-refractivity contribution < 1.29 is 13.6 Å². The number of rotatable bonds is 2. The Balaban J connectivity index is 1.78. The highest BCUT2D eigenvalue weighted by Gasteiger charge is 2.31. The summed E-state index contributed by atoms with van der Waals surface area (Å²) in [4.78, 5) is 14.1. The summed E-state index contributed by atoms with van der Waals surface area (Å²) in [5, 5.41) is 2.70. The number of amides is 2. The van der Waals surface area contributed by atoms with E-state index in [1.54, 1.807) is 42.2 Å². The van der Waals surface area contributed by atoms with Crippen LogP contribution in [-0.4, -0.2) is 17.5 Å². The summed E-state index contributed by atoms with van der Waals surface area (Å²) >= 11 is 0. The van der Waals surface area contributed by atoms with Gasteiger partial charge in [0.15, 0.2) is 0 Å². The summed E-state index contributed by atoms with van der Waals surface area (Å²) in [6.07, 6.45) is 1.53. The van der Waals surface area contributed by atoms with Gasteiger partial charge in [-0.15, -0.1) is 0 Å². The summed E-state index contributed by atoms with van der Waals surface area (Å²) in [6.45, 7) is 2.22. The Morgan fingerprint density at radius 2 is 1.96 bits per heavy atom. The van der Waals surface area contributed by atoms with Gasteiger partial charge < -0.3 is 10.2 Å². The third kappa shape index (κ3) is 3.18. The Labute approximate surface area is 133 Å². The van der Waals surface area contributed by atoms with Gasteiger partial charge in [-0.25, -0.2) is 13.6 Å². The lowest BCUT2D eigenvalue weighted by Crippen LogP contribution is -2.34. The lowest BCUT2D eigenvalue weighted by atomic mass is 10.0. The molecule has 1 saturated heterocycles. The number of hydrogen-bond acceptors (Lipinski definition) is 1. The molecule has 2 aromatic rings. The number of hydrogen-bond donors (Lipinski definition) is 1. The lowest BCUT2D eigenvalue weighted by molar-refractivity contribution is 0.206. The zero-order chi connectivity index (χ0) is 16.4. The van der Waals surface area contributed by atoms with Gasteiger partial charge in [0.25, 0.3) is 0 Å². The molecule has 1 aliphatic heterocycles. The average molecular weight is 316 g/mol. The number of anilines is 1. The lowest BCUT2D eigenvalue weighted by Gasteiger charge is -2.25.